The first-order valence-electron chi connectivity index (χ1n) is 19.8. The number of fused-ring (bicyclic) bond motifs is 2. The maximum atomic E-state index is 13.7. The van der Waals surface area contributed by atoms with Crippen molar-refractivity contribution in [3.8, 4) is 0 Å². The molecule has 2 bridgehead atoms. The molecule has 24 nitrogen and oxygen atoms in total. The van der Waals surface area contributed by atoms with Crippen LogP contribution in [-0.4, -0.2) is 134 Å². The monoisotopic (exact) mass is 866 g/mol. The number of alkyl carbamates (subject to hydrolysis) is 1. The average Bonchev–Trinajstić information content (AvgIpc) is 3.94. The summed E-state index contributed by atoms with van der Waals surface area (Å²) >= 11 is 0. The Balaban J connectivity index is 1.49. The number of guanidine groups is 1. The molecular weight excluding hydrogens is 813 g/mol. The van der Waals surface area contributed by atoms with Crippen molar-refractivity contribution in [1.82, 2.24) is 56.8 Å². The van der Waals surface area contributed by atoms with E-state index < -0.39 is 77.8 Å². The minimum Gasteiger partial charge on any atom is -0.445 e. The highest BCUT2D eigenvalue weighted by molar-refractivity contribution is 5.96. The maximum absolute atomic E-state index is 13.7. The van der Waals surface area contributed by atoms with Gasteiger partial charge < -0.3 is 62.5 Å². The SMILES string of the molecule is C[C@@H]1NC(=O)[C@H]([C@H](C)O)NC(=O)[C@@H](NC(=O)OCc2ccccc2)Cn2cc(nn2)CN(C)C(N)=NCCC[C@H](C(=O)N[C@@H](CCCCNC(=O)c2cnco2)C(N)=O)NC1=O. The predicted molar refractivity (Wildman–Crippen MR) is 218 cm³/mol. The number of ether oxygens (including phenoxy) is 1. The number of aliphatic hydroxyl groups excluding tert-OH is 1. The minimum atomic E-state index is -1.62. The number of primary amides is 1. The fourth-order valence-corrected chi connectivity index (χ4v) is 5.96. The van der Waals surface area contributed by atoms with Crippen molar-refractivity contribution >= 4 is 47.5 Å². The number of oxazole rings is 1. The molecule has 0 saturated heterocycles. The fraction of sp³-hybridized carbons (Fsp3) is 0.500. The lowest BCUT2D eigenvalue weighted by molar-refractivity contribution is -0.135. The predicted octanol–water partition coefficient (Wildman–Crippen LogP) is -2.47. The van der Waals surface area contributed by atoms with Crippen molar-refractivity contribution in [2.45, 2.75) is 102 Å². The van der Waals surface area contributed by atoms with Gasteiger partial charge in [0.2, 0.25) is 35.3 Å². The first-order valence-corrected chi connectivity index (χ1v) is 19.8. The molecule has 4 rings (SSSR count). The number of nitrogens with one attached hydrogen (secondary N) is 6. The number of aliphatic hydroxyl groups is 1. The van der Waals surface area contributed by atoms with Gasteiger partial charge >= 0.3 is 6.09 Å². The van der Waals surface area contributed by atoms with Crippen LogP contribution in [0.15, 0.2) is 58.5 Å². The Morgan fingerprint density at radius 3 is 2.52 bits per heavy atom. The van der Waals surface area contributed by atoms with Gasteiger partial charge in [-0.15, -0.1) is 5.10 Å². The largest absolute Gasteiger partial charge is 0.445 e. The van der Waals surface area contributed by atoms with Gasteiger partial charge in [0, 0.05) is 20.1 Å². The van der Waals surface area contributed by atoms with E-state index in [2.05, 4.69) is 52.2 Å². The maximum Gasteiger partial charge on any atom is 0.408 e. The minimum absolute atomic E-state index is 0.0146. The molecule has 11 N–H and O–H groups in total. The third-order valence-electron chi connectivity index (χ3n) is 9.46. The lowest BCUT2D eigenvalue weighted by Crippen LogP contribution is -2.60. The summed E-state index contributed by atoms with van der Waals surface area (Å²) in [7, 11) is 1.65. The van der Waals surface area contributed by atoms with E-state index in [9.17, 15) is 38.7 Å². The number of nitrogens with zero attached hydrogens (tertiary/aromatic N) is 6. The summed E-state index contributed by atoms with van der Waals surface area (Å²) in [6.45, 7) is 2.67. The zero-order valence-electron chi connectivity index (χ0n) is 34.6. The van der Waals surface area contributed by atoms with E-state index >= 15 is 0 Å². The lowest BCUT2D eigenvalue weighted by atomic mass is 10.1. The van der Waals surface area contributed by atoms with E-state index in [1.54, 1.807) is 42.3 Å². The van der Waals surface area contributed by atoms with Gasteiger partial charge in [0.15, 0.2) is 12.4 Å². The molecule has 7 amide bonds. The first-order chi connectivity index (χ1) is 29.6. The van der Waals surface area contributed by atoms with Crippen LogP contribution in [0.3, 0.4) is 0 Å². The molecule has 2 aromatic heterocycles. The van der Waals surface area contributed by atoms with Crippen LogP contribution in [0.1, 0.15) is 67.8 Å². The average molecular weight is 867 g/mol. The number of unbranched alkanes of at least 4 members (excludes halogenated alkanes) is 1. The molecule has 0 radical (unpaired) electrons. The van der Waals surface area contributed by atoms with E-state index in [1.165, 1.54) is 30.9 Å². The number of carbonyl (C=O) groups is 7. The van der Waals surface area contributed by atoms with Crippen molar-refractivity contribution in [2.24, 2.45) is 16.5 Å². The van der Waals surface area contributed by atoms with Crippen LogP contribution >= 0.6 is 0 Å². The highest BCUT2D eigenvalue weighted by atomic mass is 16.5. The summed E-state index contributed by atoms with van der Waals surface area (Å²) in [5.41, 5.74) is 12.9. The topological polar surface area (TPSA) is 346 Å². The third-order valence-corrected chi connectivity index (χ3v) is 9.46. The zero-order valence-corrected chi connectivity index (χ0v) is 34.6. The zero-order chi connectivity index (χ0) is 45.2. The van der Waals surface area contributed by atoms with Crippen LogP contribution in [-0.2, 0) is 48.4 Å². The molecule has 3 aromatic rings. The van der Waals surface area contributed by atoms with Crippen molar-refractivity contribution in [2.75, 3.05) is 20.1 Å². The second-order valence-electron chi connectivity index (χ2n) is 14.5. The third kappa shape index (κ3) is 15.2. The molecular formula is C38H54N14O10. The van der Waals surface area contributed by atoms with Crippen LogP contribution in [0, 0.1) is 0 Å². The lowest BCUT2D eigenvalue weighted by Gasteiger charge is -2.26. The van der Waals surface area contributed by atoms with E-state index in [1.807, 2.05) is 0 Å². The molecule has 0 saturated carbocycles. The molecule has 1 aliphatic rings. The summed E-state index contributed by atoms with van der Waals surface area (Å²) < 4.78 is 11.6. The van der Waals surface area contributed by atoms with Crippen molar-refractivity contribution in [3.63, 3.8) is 0 Å². The van der Waals surface area contributed by atoms with Crippen LogP contribution in [0.4, 0.5) is 4.79 Å². The number of carbonyl (C=O) groups excluding carboxylic acids is 7. The van der Waals surface area contributed by atoms with E-state index in [-0.39, 0.29) is 63.8 Å². The highest BCUT2D eigenvalue weighted by Gasteiger charge is 2.33. The second kappa shape index (κ2) is 23.6. The summed E-state index contributed by atoms with van der Waals surface area (Å²) in [6, 6.07) is 2.09. The number of nitrogens with two attached hydrogens (primary N) is 2. The molecule has 0 aliphatic carbocycles. The number of aromatic nitrogens is 4. The fourth-order valence-electron chi connectivity index (χ4n) is 5.96. The van der Waals surface area contributed by atoms with Gasteiger partial charge in [-0.1, -0.05) is 35.5 Å². The number of amides is 7. The summed E-state index contributed by atoms with van der Waals surface area (Å²) in [6.07, 6.45) is 2.62. The van der Waals surface area contributed by atoms with Crippen LogP contribution < -0.4 is 43.4 Å². The Bertz CT molecular complexity index is 2010. The molecule has 62 heavy (non-hydrogen) atoms. The molecule has 3 heterocycles. The van der Waals surface area contributed by atoms with Crippen molar-refractivity contribution in [1.29, 1.82) is 0 Å². The smallest absolute Gasteiger partial charge is 0.408 e. The van der Waals surface area contributed by atoms with Gasteiger partial charge in [-0.05, 0) is 51.5 Å². The molecule has 1 aliphatic heterocycles. The highest BCUT2D eigenvalue weighted by Crippen LogP contribution is 2.08. The molecule has 336 valence electrons. The molecule has 24 heteroatoms. The Kier molecular flexibility index (Phi) is 18.1. The Morgan fingerprint density at radius 2 is 1.82 bits per heavy atom. The van der Waals surface area contributed by atoms with Crippen molar-refractivity contribution in [3.05, 3.63) is 66.1 Å². The van der Waals surface area contributed by atoms with Crippen molar-refractivity contribution < 1.29 is 47.8 Å². The Hall–Kier alpha value is -7.11. The van der Waals surface area contributed by atoms with Gasteiger partial charge in [0.05, 0.1) is 31.6 Å². The van der Waals surface area contributed by atoms with Crippen LogP contribution in [0.5, 0.6) is 0 Å². The van der Waals surface area contributed by atoms with Crippen LogP contribution in [0.25, 0.3) is 0 Å². The van der Waals surface area contributed by atoms with Crippen LogP contribution in [0.2, 0.25) is 0 Å². The number of hydrogen-bond acceptors (Lipinski definition) is 16. The second-order valence-corrected chi connectivity index (χ2v) is 14.5. The van der Waals surface area contributed by atoms with E-state index in [4.69, 9.17) is 20.6 Å². The van der Waals surface area contributed by atoms with Gasteiger partial charge in [-0.3, -0.25) is 33.8 Å². The Morgan fingerprint density at radius 1 is 1.06 bits per heavy atom. The number of aliphatic imine (C=N–C) groups is 1. The normalized spacial score (nSPS) is 20.4. The van der Waals surface area contributed by atoms with Gasteiger partial charge in [-0.25, -0.2) is 14.5 Å². The number of benzene rings is 1. The van der Waals surface area contributed by atoms with E-state index in [0.717, 1.165) is 6.39 Å². The molecule has 0 unspecified atom stereocenters. The number of hydrogen-bond donors (Lipinski definition) is 9. The van der Waals surface area contributed by atoms with Gasteiger partial charge in [0.25, 0.3) is 5.91 Å². The first kappa shape index (κ1) is 47.6. The summed E-state index contributed by atoms with van der Waals surface area (Å²) in [5.74, 6) is -4.57. The summed E-state index contributed by atoms with van der Waals surface area (Å²) in [4.78, 5) is 101. The molecule has 0 spiro atoms. The quantitative estimate of drug-likeness (QED) is 0.0804. The molecule has 0 fully saturated rings. The van der Waals surface area contributed by atoms with E-state index in [0.29, 0.717) is 24.1 Å². The summed E-state index contributed by atoms with van der Waals surface area (Å²) in [5, 5.41) is 34.0. The number of rotatable bonds is 13. The Labute approximate surface area is 356 Å². The van der Waals surface area contributed by atoms with Gasteiger partial charge in [0.1, 0.15) is 42.5 Å². The standard InChI is InChI=1S/C38H54N14O10/c1-22-32(55)46-27(33(56)45-26(31(39)54)12-7-8-14-42-35(58)29-16-41-21-62-29)13-9-15-43-37(40)51(3)17-25-18-52(50-49-25)19-28(34(57)48-30(23(2)53)36(59)44-22)47-38(60)61-20-24-10-5-4-6-11-24/h4-6,10-11,16,18,21-23,26-28,30,53H,7-9,12-15,17,19-20H2,1-3H3,(H2,39,54)(H2,40,43)(H,42,58)(H,44,59)(H,45,56)(H,46,55)(H,47,60)(H,48,57)/t22-,23-,26-,27+,28-,30-/m0/s1. The molecule has 1 aromatic carbocycles. The molecule has 6 atom stereocenters. The van der Waals surface area contributed by atoms with Gasteiger partial charge in [-0.2, -0.15) is 0 Å².